The number of morpholine rings is 1. The van der Waals surface area contributed by atoms with Crippen LogP contribution in [-0.4, -0.2) is 56.7 Å². The van der Waals surface area contributed by atoms with Gasteiger partial charge in [0.25, 0.3) is 0 Å². The Bertz CT molecular complexity index is 477. The van der Waals surface area contributed by atoms with E-state index in [1.54, 1.807) is 0 Å². The van der Waals surface area contributed by atoms with Crippen molar-refractivity contribution in [2.24, 2.45) is 0 Å². The third-order valence-corrected chi connectivity index (χ3v) is 4.37. The van der Waals surface area contributed by atoms with Crippen LogP contribution < -0.4 is 10.2 Å². The Balaban J connectivity index is 1.42. The van der Waals surface area contributed by atoms with E-state index in [9.17, 15) is 4.79 Å². The fraction of sp³-hybridized carbons (Fsp3) is 0.588. The number of nitrogens with one attached hydrogen (secondary N) is 1. The lowest BCUT2D eigenvalue weighted by atomic mass is 10.2. The van der Waals surface area contributed by atoms with Crippen molar-refractivity contribution in [2.45, 2.75) is 19.3 Å². The minimum Gasteiger partial charge on any atom is -0.385 e. The zero-order valence-corrected chi connectivity index (χ0v) is 13.1. The number of carbonyl (C=O) groups excluding carboxylic acids is 1. The number of hydrogen-bond acceptors (Lipinski definition) is 4. The quantitative estimate of drug-likeness (QED) is 0.903. The molecular formula is C17H25N3O2. The van der Waals surface area contributed by atoms with E-state index in [1.807, 2.05) is 4.90 Å². The summed E-state index contributed by atoms with van der Waals surface area (Å²) in [6.07, 6.45) is 3.13. The SMILES string of the molecule is O=C(CCNc1ccc(N2CCCC2)cc1)N1CCOCC1. The van der Waals surface area contributed by atoms with Crippen LogP contribution in [0, 0.1) is 0 Å². The molecule has 5 nitrogen and oxygen atoms in total. The molecule has 1 aromatic rings. The fourth-order valence-corrected chi connectivity index (χ4v) is 3.05. The highest BCUT2D eigenvalue weighted by atomic mass is 16.5. The third-order valence-electron chi connectivity index (χ3n) is 4.37. The smallest absolute Gasteiger partial charge is 0.224 e. The summed E-state index contributed by atoms with van der Waals surface area (Å²) in [6.45, 7) is 5.79. The summed E-state index contributed by atoms with van der Waals surface area (Å²) >= 11 is 0. The molecule has 1 N–H and O–H groups in total. The minimum absolute atomic E-state index is 0.212. The Kier molecular flexibility index (Phi) is 5.16. The number of ether oxygens (including phenoxy) is 1. The van der Waals surface area contributed by atoms with Gasteiger partial charge in [-0.3, -0.25) is 4.79 Å². The van der Waals surface area contributed by atoms with Crippen molar-refractivity contribution in [1.82, 2.24) is 4.90 Å². The van der Waals surface area contributed by atoms with Gasteiger partial charge in [-0.2, -0.15) is 0 Å². The molecule has 2 heterocycles. The van der Waals surface area contributed by atoms with Crippen molar-refractivity contribution < 1.29 is 9.53 Å². The van der Waals surface area contributed by atoms with E-state index >= 15 is 0 Å². The van der Waals surface area contributed by atoms with E-state index in [-0.39, 0.29) is 5.91 Å². The van der Waals surface area contributed by atoms with Gasteiger partial charge in [0.15, 0.2) is 0 Å². The first-order valence-electron chi connectivity index (χ1n) is 8.27. The number of benzene rings is 1. The van der Waals surface area contributed by atoms with Crippen LogP contribution in [0.25, 0.3) is 0 Å². The second kappa shape index (κ2) is 7.49. The Morgan fingerprint density at radius 3 is 2.41 bits per heavy atom. The predicted molar refractivity (Wildman–Crippen MR) is 88.4 cm³/mol. The van der Waals surface area contributed by atoms with Crippen LogP contribution >= 0.6 is 0 Å². The molecule has 0 atom stereocenters. The zero-order chi connectivity index (χ0) is 15.2. The zero-order valence-electron chi connectivity index (χ0n) is 13.1. The molecule has 0 aromatic heterocycles. The maximum atomic E-state index is 12.0. The van der Waals surface area contributed by atoms with Crippen molar-refractivity contribution in [3.63, 3.8) is 0 Å². The number of anilines is 2. The van der Waals surface area contributed by atoms with Crippen molar-refractivity contribution in [3.05, 3.63) is 24.3 Å². The summed E-state index contributed by atoms with van der Waals surface area (Å²) in [6, 6.07) is 8.54. The summed E-state index contributed by atoms with van der Waals surface area (Å²) < 4.78 is 5.26. The largest absolute Gasteiger partial charge is 0.385 e. The van der Waals surface area contributed by atoms with Crippen LogP contribution in [0.3, 0.4) is 0 Å². The van der Waals surface area contributed by atoms with Crippen LogP contribution in [0.5, 0.6) is 0 Å². The molecule has 0 radical (unpaired) electrons. The maximum absolute atomic E-state index is 12.0. The van der Waals surface area contributed by atoms with Crippen LogP contribution in [0.15, 0.2) is 24.3 Å². The standard InChI is InChI=1S/C17H25N3O2/c21-17(20-11-13-22-14-12-20)7-8-18-15-3-5-16(6-4-15)19-9-1-2-10-19/h3-6,18H,1-2,7-14H2. The summed E-state index contributed by atoms with van der Waals surface area (Å²) in [7, 11) is 0. The molecule has 120 valence electrons. The Labute approximate surface area is 132 Å². The Hall–Kier alpha value is -1.75. The van der Waals surface area contributed by atoms with Crippen molar-refractivity contribution in [3.8, 4) is 0 Å². The third kappa shape index (κ3) is 3.91. The summed E-state index contributed by atoms with van der Waals surface area (Å²) in [4.78, 5) is 16.4. The van der Waals surface area contributed by atoms with Gasteiger partial charge in [0.05, 0.1) is 13.2 Å². The van der Waals surface area contributed by atoms with E-state index in [2.05, 4.69) is 34.5 Å². The highest BCUT2D eigenvalue weighted by molar-refractivity contribution is 5.76. The first-order chi connectivity index (χ1) is 10.8. The molecule has 2 saturated heterocycles. The molecular weight excluding hydrogens is 278 g/mol. The van der Waals surface area contributed by atoms with Gasteiger partial charge in [-0.25, -0.2) is 0 Å². The first-order valence-corrected chi connectivity index (χ1v) is 8.27. The second-order valence-corrected chi connectivity index (χ2v) is 5.91. The van der Waals surface area contributed by atoms with Gasteiger partial charge in [0.2, 0.25) is 5.91 Å². The van der Waals surface area contributed by atoms with Gasteiger partial charge < -0.3 is 19.9 Å². The first kappa shape index (κ1) is 15.2. The van der Waals surface area contributed by atoms with Crippen molar-refractivity contribution in [2.75, 3.05) is 56.2 Å². The molecule has 0 bridgehead atoms. The van der Waals surface area contributed by atoms with Crippen LogP contribution in [0.2, 0.25) is 0 Å². The molecule has 2 fully saturated rings. The van der Waals surface area contributed by atoms with Gasteiger partial charge in [0.1, 0.15) is 0 Å². The van der Waals surface area contributed by atoms with Crippen LogP contribution in [0.1, 0.15) is 19.3 Å². The van der Waals surface area contributed by atoms with Gasteiger partial charge in [-0.05, 0) is 37.1 Å². The number of amides is 1. The summed E-state index contributed by atoms with van der Waals surface area (Å²) in [5.41, 5.74) is 2.38. The maximum Gasteiger partial charge on any atom is 0.224 e. The van der Waals surface area contributed by atoms with E-state index in [0.717, 1.165) is 18.8 Å². The van der Waals surface area contributed by atoms with Crippen molar-refractivity contribution in [1.29, 1.82) is 0 Å². The average Bonchev–Trinajstić information content (AvgIpc) is 3.11. The molecule has 2 aliphatic heterocycles. The number of hydrogen-bond donors (Lipinski definition) is 1. The molecule has 5 heteroatoms. The Morgan fingerprint density at radius 1 is 1.05 bits per heavy atom. The van der Waals surface area contributed by atoms with Crippen molar-refractivity contribution >= 4 is 17.3 Å². The molecule has 0 unspecified atom stereocenters. The van der Waals surface area contributed by atoms with E-state index in [1.165, 1.54) is 31.6 Å². The van der Waals surface area contributed by atoms with Gasteiger partial charge in [-0.1, -0.05) is 0 Å². The van der Waals surface area contributed by atoms with Crippen LogP contribution in [0.4, 0.5) is 11.4 Å². The number of rotatable bonds is 5. The highest BCUT2D eigenvalue weighted by Crippen LogP contribution is 2.21. The monoisotopic (exact) mass is 303 g/mol. The molecule has 0 aliphatic carbocycles. The normalized spacial score (nSPS) is 18.5. The number of nitrogens with zero attached hydrogens (tertiary/aromatic N) is 2. The number of carbonyl (C=O) groups is 1. The molecule has 2 aliphatic rings. The lowest BCUT2D eigenvalue weighted by molar-refractivity contribution is -0.134. The van der Waals surface area contributed by atoms with Gasteiger partial charge in [0, 0.05) is 50.5 Å². The molecule has 1 amide bonds. The van der Waals surface area contributed by atoms with Gasteiger partial charge in [-0.15, -0.1) is 0 Å². The highest BCUT2D eigenvalue weighted by Gasteiger charge is 2.16. The second-order valence-electron chi connectivity index (χ2n) is 5.91. The average molecular weight is 303 g/mol. The van der Waals surface area contributed by atoms with E-state index < -0.39 is 0 Å². The predicted octanol–water partition coefficient (Wildman–Crippen LogP) is 1.95. The lowest BCUT2D eigenvalue weighted by Gasteiger charge is -2.27. The molecule has 0 saturated carbocycles. The van der Waals surface area contributed by atoms with Gasteiger partial charge >= 0.3 is 0 Å². The minimum atomic E-state index is 0.212. The summed E-state index contributed by atoms with van der Waals surface area (Å²) in [5, 5.41) is 3.34. The molecule has 3 rings (SSSR count). The lowest BCUT2D eigenvalue weighted by Crippen LogP contribution is -2.41. The molecule has 0 spiro atoms. The van der Waals surface area contributed by atoms with Crippen LogP contribution in [-0.2, 0) is 9.53 Å². The van der Waals surface area contributed by atoms with E-state index in [4.69, 9.17) is 4.74 Å². The Morgan fingerprint density at radius 2 is 1.73 bits per heavy atom. The topological polar surface area (TPSA) is 44.8 Å². The summed E-state index contributed by atoms with van der Waals surface area (Å²) in [5.74, 6) is 0.212. The molecule has 22 heavy (non-hydrogen) atoms. The molecule has 1 aromatic carbocycles. The fourth-order valence-electron chi connectivity index (χ4n) is 3.05. The van der Waals surface area contributed by atoms with E-state index in [0.29, 0.717) is 26.2 Å².